The number of benzene rings is 1. The average Bonchev–Trinajstić information content (AvgIpc) is 2.27. The molecule has 17 heavy (non-hydrogen) atoms. The molecule has 0 aliphatic rings. The molecule has 0 saturated heterocycles. The maximum absolute atomic E-state index is 11.2. The second kappa shape index (κ2) is 5.48. The molecule has 0 bridgehead atoms. The minimum absolute atomic E-state index is 0.0214. The van der Waals surface area contributed by atoms with Crippen LogP contribution in [0.3, 0.4) is 0 Å². The number of ether oxygens (including phenoxy) is 1. The van der Waals surface area contributed by atoms with Gasteiger partial charge >= 0.3 is 0 Å². The van der Waals surface area contributed by atoms with Crippen LogP contribution in [0.2, 0.25) is 0 Å². The molecule has 0 heterocycles. The van der Waals surface area contributed by atoms with Crippen molar-refractivity contribution in [3.63, 3.8) is 0 Å². The number of rotatable bonds is 5. The fourth-order valence-corrected chi connectivity index (χ4v) is 1.91. The Balaban J connectivity index is 2.87. The molecule has 0 amide bonds. The monoisotopic (exact) mass is 258 g/mol. The van der Waals surface area contributed by atoms with Gasteiger partial charge in [-0.2, -0.15) is 0 Å². The fourth-order valence-electron chi connectivity index (χ4n) is 1.35. The number of sulfonamides is 1. The van der Waals surface area contributed by atoms with Crippen molar-refractivity contribution in [2.45, 2.75) is 30.9 Å². The Hall–Kier alpha value is -1.11. The van der Waals surface area contributed by atoms with Crippen LogP contribution >= 0.6 is 0 Å². The highest BCUT2D eigenvalue weighted by Gasteiger charge is 2.12. The van der Waals surface area contributed by atoms with Gasteiger partial charge in [-0.15, -0.1) is 0 Å². The fraction of sp³-hybridized carbons (Fsp3) is 0.455. The minimum atomic E-state index is -3.66. The zero-order chi connectivity index (χ0) is 13.1. The third-order valence-electron chi connectivity index (χ3n) is 2.63. The maximum Gasteiger partial charge on any atom is 0.238 e. The van der Waals surface area contributed by atoms with Gasteiger partial charge in [0.25, 0.3) is 0 Å². The largest absolute Gasteiger partial charge is 0.380 e. The Labute approximate surface area is 102 Å². The average molecular weight is 258 g/mol. The van der Waals surface area contributed by atoms with Gasteiger partial charge in [-0.1, -0.05) is 6.07 Å². The van der Waals surface area contributed by atoms with Gasteiger partial charge in [-0.3, -0.25) is 0 Å². The molecule has 0 fully saturated rings. The molecular formula is C11H18N2O3S. The van der Waals surface area contributed by atoms with Gasteiger partial charge in [-0.05, 0) is 32.0 Å². The van der Waals surface area contributed by atoms with Crippen molar-refractivity contribution in [1.82, 2.24) is 0 Å². The highest BCUT2D eigenvalue weighted by molar-refractivity contribution is 7.89. The zero-order valence-corrected chi connectivity index (χ0v) is 11.0. The molecule has 3 N–H and O–H groups in total. The van der Waals surface area contributed by atoms with Crippen molar-refractivity contribution in [2.24, 2.45) is 5.14 Å². The first-order valence-electron chi connectivity index (χ1n) is 5.27. The predicted molar refractivity (Wildman–Crippen MR) is 67.4 cm³/mol. The van der Waals surface area contributed by atoms with E-state index in [9.17, 15) is 8.42 Å². The summed E-state index contributed by atoms with van der Waals surface area (Å²) < 4.78 is 27.5. The molecule has 1 rings (SSSR count). The highest BCUT2D eigenvalue weighted by Crippen LogP contribution is 2.16. The number of hydrogen-bond acceptors (Lipinski definition) is 4. The standard InChI is InChI=1S/C11H18N2O3S/c1-8(9(2)16-3)13-10-5-4-6-11(7-10)17(12,14)15/h4-9,13H,1-3H3,(H2,12,14,15). The minimum Gasteiger partial charge on any atom is -0.380 e. The van der Waals surface area contributed by atoms with Crippen LogP contribution in [0.1, 0.15) is 13.8 Å². The number of methoxy groups -OCH3 is 1. The molecule has 0 aliphatic heterocycles. The summed E-state index contributed by atoms with van der Waals surface area (Å²) in [7, 11) is -2.03. The number of nitrogens with two attached hydrogens (primary N) is 1. The van der Waals surface area contributed by atoms with Gasteiger partial charge in [0.15, 0.2) is 0 Å². The van der Waals surface area contributed by atoms with Crippen LogP contribution in [0.4, 0.5) is 5.69 Å². The Morgan fingerprint density at radius 3 is 2.53 bits per heavy atom. The molecule has 1 aromatic rings. The van der Waals surface area contributed by atoms with Crippen molar-refractivity contribution in [3.8, 4) is 0 Å². The highest BCUT2D eigenvalue weighted by atomic mass is 32.2. The van der Waals surface area contributed by atoms with Crippen molar-refractivity contribution < 1.29 is 13.2 Å². The number of nitrogens with one attached hydrogen (secondary N) is 1. The molecule has 6 heteroatoms. The third-order valence-corrected chi connectivity index (χ3v) is 3.54. The molecular weight excluding hydrogens is 240 g/mol. The lowest BCUT2D eigenvalue weighted by molar-refractivity contribution is 0.106. The van der Waals surface area contributed by atoms with Crippen molar-refractivity contribution >= 4 is 15.7 Å². The topological polar surface area (TPSA) is 81.4 Å². The van der Waals surface area contributed by atoms with E-state index in [0.29, 0.717) is 5.69 Å². The van der Waals surface area contributed by atoms with E-state index >= 15 is 0 Å². The molecule has 0 spiro atoms. The summed E-state index contributed by atoms with van der Waals surface area (Å²) in [5, 5.41) is 8.22. The van der Waals surface area contributed by atoms with E-state index in [2.05, 4.69) is 5.32 Å². The Kier molecular flexibility index (Phi) is 4.50. The quantitative estimate of drug-likeness (QED) is 0.830. The molecule has 0 saturated carbocycles. The van der Waals surface area contributed by atoms with E-state index in [1.807, 2.05) is 13.8 Å². The van der Waals surface area contributed by atoms with E-state index in [0.717, 1.165) is 0 Å². The van der Waals surface area contributed by atoms with Gasteiger partial charge in [0.1, 0.15) is 0 Å². The molecule has 1 aromatic carbocycles. The van der Waals surface area contributed by atoms with Gasteiger partial charge < -0.3 is 10.1 Å². The summed E-state index contributed by atoms with van der Waals surface area (Å²) in [4.78, 5) is 0.0970. The molecule has 2 atom stereocenters. The number of primary sulfonamides is 1. The first kappa shape index (κ1) is 14.0. The lowest BCUT2D eigenvalue weighted by Gasteiger charge is -2.21. The van der Waals surface area contributed by atoms with Crippen molar-refractivity contribution in [3.05, 3.63) is 24.3 Å². The smallest absolute Gasteiger partial charge is 0.238 e. The van der Waals surface area contributed by atoms with E-state index < -0.39 is 10.0 Å². The van der Waals surface area contributed by atoms with Gasteiger partial charge in [0.05, 0.1) is 11.0 Å². The van der Waals surface area contributed by atoms with Crippen molar-refractivity contribution in [1.29, 1.82) is 0 Å². The summed E-state index contributed by atoms with van der Waals surface area (Å²) in [5.74, 6) is 0. The summed E-state index contributed by atoms with van der Waals surface area (Å²) in [6.45, 7) is 3.89. The molecule has 0 aliphatic carbocycles. The second-order valence-electron chi connectivity index (χ2n) is 3.95. The first-order chi connectivity index (χ1) is 7.84. The van der Waals surface area contributed by atoms with Gasteiger partial charge in [-0.25, -0.2) is 13.6 Å². The van der Waals surface area contributed by atoms with Crippen LogP contribution in [0.5, 0.6) is 0 Å². The van der Waals surface area contributed by atoms with E-state index in [4.69, 9.17) is 9.88 Å². The van der Waals surface area contributed by atoms with Crippen LogP contribution in [-0.2, 0) is 14.8 Å². The Bertz CT molecular complexity index is 473. The first-order valence-corrected chi connectivity index (χ1v) is 6.81. The Morgan fingerprint density at radius 2 is 2.00 bits per heavy atom. The van der Waals surface area contributed by atoms with Crippen LogP contribution in [-0.4, -0.2) is 27.7 Å². The number of anilines is 1. The van der Waals surface area contributed by atoms with E-state index in [1.54, 1.807) is 19.2 Å². The van der Waals surface area contributed by atoms with E-state index in [1.165, 1.54) is 12.1 Å². The lowest BCUT2D eigenvalue weighted by Crippen LogP contribution is -2.29. The van der Waals surface area contributed by atoms with Crippen LogP contribution in [0, 0.1) is 0 Å². The van der Waals surface area contributed by atoms with Gasteiger partial charge in [0, 0.05) is 18.8 Å². The lowest BCUT2D eigenvalue weighted by atomic mass is 10.2. The third kappa shape index (κ3) is 3.99. The molecule has 5 nitrogen and oxygen atoms in total. The summed E-state index contributed by atoms with van der Waals surface area (Å²) in [6.07, 6.45) is 0.0214. The zero-order valence-electron chi connectivity index (χ0n) is 10.2. The van der Waals surface area contributed by atoms with Crippen LogP contribution in [0.15, 0.2) is 29.2 Å². The summed E-state index contributed by atoms with van der Waals surface area (Å²) in [5.41, 5.74) is 0.702. The Morgan fingerprint density at radius 1 is 1.35 bits per heavy atom. The number of hydrogen-bond donors (Lipinski definition) is 2. The van der Waals surface area contributed by atoms with Crippen LogP contribution < -0.4 is 10.5 Å². The summed E-state index contributed by atoms with van der Waals surface area (Å²) >= 11 is 0. The molecule has 96 valence electrons. The van der Waals surface area contributed by atoms with Crippen LogP contribution in [0.25, 0.3) is 0 Å². The summed E-state index contributed by atoms with van der Waals surface area (Å²) in [6, 6.07) is 6.47. The predicted octanol–water partition coefficient (Wildman–Crippen LogP) is 1.17. The second-order valence-corrected chi connectivity index (χ2v) is 5.51. The molecule has 0 radical (unpaired) electrons. The normalized spacial score (nSPS) is 15.3. The molecule has 2 unspecified atom stereocenters. The molecule has 0 aromatic heterocycles. The SMILES string of the molecule is COC(C)C(C)Nc1cccc(S(N)(=O)=O)c1. The maximum atomic E-state index is 11.2. The van der Waals surface area contributed by atoms with Crippen molar-refractivity contribution in [2.75, 3.05) is 12.4 Å². The van der Waals surface area contributed by atoms with Gasteiger partial charge in [0.2, 0.25) is 10.0 Å². The van der Waals surface area contributed by atoms with E-state index in [-0.39, 0.29) is 17.0 Å².